The van der Waals surface area contributed by atoms with E-state index in [1.165, 1.54) is 0 Å². The predicted molar refractivity (Wildman–Crippen MR) is 75.8 cm³/mol. The lowest BCUT2D eigenvalue weighted by Crippen LogP contribution is -2.39. The number of carbonyl (C=O) groups excluding carboxylic acids is 1. The molecule has 1 aromatic carbocycles. The number of nitrogens with zero attached hydrogens (tertiary/aromatic N) is 1. The van der Waals surface area contributed by atoms with Crippen molar-refractivity contribution in [2.75, 3.05) is 19.0 Å². The fourth-order valence-electron chi connectivity index (χ4n) is 2.15. The zero-order valence-corrected chi connectivity index (χ0v) is 12.1. The lowest BCUT2D eigenvalue weighted by molar-refractivity contribution is 0.0698. The van der Waals surface area contributed by atoms with Crippen LogP contribution < -0.4 is 0 Å². The van der Waals surface area contributed by atoms with E-state index < -0.39 is 0 Å². The van der Waals surface area contributed by atoms with Crippen LogP contribution in [0.15, 0.2) is 18.2 Å². The van der Waals surface area contributed by atoms with E-state index in [4.69, 9.17) is 34.8 Å². The summed E-state index contributed by atoms with van der Waals surface area (Å²) in [7, 11) is 0. The Kier molecular flexibility index (Phi) is 4.77. The van der Waals surface area contributed by atoms with Crippen molar-refractivity contribution in [3.63, 3.8) is 0 Å². The molecule has 1 saturated heterocycles. The first kappa shape index (κ1) is 14.0. The Morgan fingerprint density at radius 2 is 1.78 bits per heavy atom. The largest absolute Gasteiger partial charge is 0.339 e. The normalized spacial score (nSPS) is 16.9. The Labute approximate surface area is 122 Å². The summed E-state index contributed by atoms with van der Waals surface area (Å²) in [6, 6.07) is 5.11. The highest BCUT2D eigenvalue weighted by atomic mass is 35.5. The summed E-state index contributed by atoms with van der Waals surface area (Å²) in [6.07, 6.45) is 1.88. The molecule has 0 radical (unpaired) electrons. The molecule has 0 N–H and O–H groups in total. The molecule has 18 heavy (non-hydrogen) atoms. The van der Waals surface area contributed by atoms with Crippen molar-refractivity contribution in [2.24, 2.45) is 5.92 Å². The SMILES string of the molecule is O=C(c1c(Cl)cccc1Cl)N1CCC(CCl)CC1. The molecule has 1 fully saturated rings. The van der Waals surface area contributed by atoms with Crippen LogP contribution in [0.5, 0.6) is 0 Å². The van der Waals surface area contributed by atoms with E-state index in [9.17, 15) is 4.79 Å². The van der Waals surface area contributed by atoms with Gasteiger partial charge in [0.25, 0.3) is 5.91 Å². The van der Waals surface area contributed by atoms with Crippen molar-refractivity contribution in [1.82, 2.24) is 4.90 Å². The summed E-state index contributed by atoms with van der Waals surface area (Å²) in [4.78, 5) is 14.2. The van der Waals surface area contributed by atoms with Gasteiger partial charge in [-0.15, -0.1) is 11.6 Å². The minimum Gasteiger partial charge on any atom is -0.339 e. The van der Waals surface area contributed by atoms with Crippen molar-refractivity contribution >= 4 is 40.7 Å². The smallest absolute Gasteiger partial charge is 0.256 e. The van der Waals surface area contributed by atoms with Gasteiger partial charge in [-0.2, -0.15) is 0 Å². The minimum atomic E-state index is -0.0846. The van der Waals surface area contributed by atoms with Crippen LogP contribution in [-0.4, -0.2) is 29.8 Å². The van der Waals surface area contributed by atoms with Crippen molar-refractivity contribution in [2.45, 2.75) is 12.8 Å². The fraction of sp³-hybridized carbons (Fsp3) is 0.462. The molecule has 1 aliphatic rings. The summed E-state index contributed by atoms with van der Waals surface area (Å²) in [5, 5.41) is 0.818. The molecule has 98 valence electrons. The zero-order chi connectivity index (χ0) is 13.1. The lowest BCUT2D eigenvalue weighted by atomic mass is 9.98. The first-order valence-corrected chi connectivity index (χ1v) is 7.21. The zero-order valence-electron chi connectivity index (χ0n) is 9.83. The molecular weight excluding hydrogens is 293 g/mol. The van der Waals surface area contributed by atoms with Gasteiger partial charge >= 0.3 is 0 Å². The van der Waals surface area contributed by atoms with Gasteiger partial charge < -0.3 is 4.90 Å². The molecule has 0 spiro atoms. The van der Waals surface area contributed by atoms with Gasteiger partial charge in [0.2, 0.25) is 0 Å². The van der Waals surface area contributed by atoms with Crippen LogP contribution in [0.1, 0.15) is 23.2 Å². The van der Waals surface area contributed by atoms with Gasteiger partial charge in [0.1, 0.15) is 0 Å². The highest BCUT2D eigenvalue weighted by Crippen LogP contribution is 2.27. The van der Waals surface area contributed by atoms with E-state index in [0.717, 1.165) is 25.9 Å². The Morgan fingerprint density at radius 1 is 1.22 bits per heavy atom. The van der Waals surface area contributed by atoms with Gasteiger partial charge in [-0.1, -0.05) is 29.3 Å². The maximum Gasteiger partial charge on any atom is 0.256 e. The Morgan fingerprint density at radius 3 is 2.28 bits per heavy atom. The molecule has 2 nitrogen and oxygen atoms in total. The Bertz CT molecular complexity index is 422. The Balaban J connectivity index is 2.13. The van der Waals surface area contributed by atoms with Crippen LogP contribution in [0, 0.1) is 5.92 Å². The number of halogens is 3. The van der Waals surface area contributed by atoms with E-state index >= 15 is 0 Å². The third kappa shape index (κ3) is 2.93. The monoisotopic (exact) mass is 305 g/mol. The summed E-state index contributed by atoms with van der Waals surface area (Å²) < 4.78 is 0. The number of amides is 1. The van der Waals surface area contributed by atoms with Gasteiger partial charge in [-0.05, 0) is 30.9 Å². The number of hydrogen-bond donors (Lipinski definition) is 0. The fourth-order valence-corrected chi connectivity index (χ4v) is 3.02. The maximum atomic E-state index is 12.4. The molecule has 5 heteroatoms. The van der Waals surface area contributed by atoms with E-state index in [-0.39, 0.29) is 5.91 Å². The number of carbonyl (C=O) groups is 1. The molecule has 0 aliphatic carbocycles. The predicted octanol–water partition coefficient (Wildman–Crippen LogP) is 4.08. The van der Waals surface area contributed by atoms with Gasteiger partial charge in [0.05, 0.1) is 15.6 Å². The molecule has 1 amide bonds. The topological polar surface area (TPSA) is 20.3 Å². The highest BCUT2D eigenvalue weighted by Gasteiger charge is 2.25. The van der Waals surface area contributed by atoms with E-state index in [1.54, 1.807) is 23.1 Å². The standard InChI is InChI=1S/C13H14Cl3NO/c14-8-9-4-6-17(7-5-9)13(18)12-10(15)2-1-3-11(12)16/h1-3,9H,4-8H2. The van der Waals surface area contributed by atoms with E-state index in [0.29, 0.717) is 27.4 Å². The maximum absolute atomic E-state index is 12.4. The number of likely N-dealkylation sites (tertiary alicyclic amines) is 1. The van der Waals surface area contributed by atoms with Crippen LogP contribution in [0.25, 0.3) is 0 Å². The van der Waals surface area contributed by atoms with Crippen LogP contribution >= 0.6 is 34.8 Å². The molecule has 0 aromatic heterocycles. The molecule has 0 unspecified atom stereocenters. The van der Waals surface area contributed by atoms with Crippen LogP contribution in [0.3, 0.4) is 0 Å². The molecule has 1 aliphatic heterocycles. The second-order valence-corrected chi connectivity index (χ2v) is 5.61. The average molecular weight is 307 g/mol. The van der Waals surface area contributed by atoms with Crippen LogP contribution in [0.2, 0.25) is 10.0 Å². The van der Waals surface area contributed by atoms with Gasteiger partial charge in [-0.25, -0.2) is 0 Å². The van der Waals surface area contributed by atoms with Crippen molar-refractivity contribution in [1.29, 1.82) is 0 Å². The molecule has 0 atom stereocenters. The number of benzene rings is 1. The number of hydrogen-bond acceptors (Lipinski definition) is 1. The lowest BCUT2D eigenvalue weighted by Gasteiger charge is -2.31. The first-order valence-electron chi connectivity index (χ1n) is 5.92. The van der Waals surface area contributed by atoms with Crippen molar-refractivity contribution in [3.05, 3.63) is 33.8 Å². The van der Waals surface area contributed by atoms with Gasteiger partial charge in [0.15, 0.2) is 0 Å². The van der Waals surface area contributed by atoms with Crippen LogP contribution in [-0.2, 0) is 0 Å². The number of rotatable bonds is 2. The molecular formula is C13H14Cl3NO. The summed E-state index contributed by atoms with van der Waals surface area (Å²) in [6.45, 7) is 1.44. The van der Waals surface area contributed by atoms with E-state index in [1.807, 2.05) is 0 Å². The van der Waals surface area contributed by atoms with Crippen LogP contribution in [0.4, 0.5) is 0 Å². The third-order valence-electron chi connectivity index (χ3n) is 3.30. The molecule has 1 heterocycles. The number of piperidine rings is 1. The second-order valence-electron chi connectivity index (χ2n) is 4.49. The summed E-state index contributed by atoms with van der Waals surface area (Å²) in [5.74, 6) is 1.09. The van der Waals surface area contributed by atoms with Gasteiger partial charge in [-0.3, -0.25) is 4.79 Å². The molecule has 0 bridgehead atoms. The summed E-state index contributed by atoms with van der Waals surface area (Å²) in [5.41, 5.74) is 0.408. The number of alkyl halides is 1. The second kappa shape index (κ2) is 6.14. The summed E-state index contributed by atoms with van der Waals surface area (Å²) >= 11 is 17.9. The molecule has 2 rings (SSSR count). The quantitative estimate of drug-likeness (QED) is 0.754. The molecule has 1 aromatic rings. The van der Waals surface area contributed by atoms with Crippen molar-refractivity contribution in [3.8, 4) is 0 Å². The molecule has 0 saturated carbocycles. The van der Waals surface area contributed by atoms with Crippen molar-refractivity contribution < 1.29 is 4.79 Å². The Hall–Kier alpha value is -0.440. The third-order valence-corrected chi connectivity index (χ3v) is 4.36. The van der Waals surface area contributed by atoms with Gasteiger partial charge in [0, 0.05) is 19.0 Å². The first-order chi connectivity index (χ1) is 8.63. The average Bonchev–Trinajstić information content (AvgIpc) is 2.38. The minimum absolute atomic E-state index is 0.0846. The highest BCUT2D eigenvalue weighted by molar-refractivity contribution is 6.39. The van der Waals surface area contributed by atoms with E-state index in [2.05, 4.69) is 0 Å².